The van der Waals surface area contributed by atoms with Gasteiger partial charge in [-0.15, -0.1) is 11.3 Å². The van der Waals surface area contributed by atoms with Crippen LogP contribution in [0.5, 0.6) is 0 Å². The number of carbonyl (C=O) groups excluding carboxylic acids is 1. The maximum atomic E-state index is 9.60. The van der Waals surface area contributed by atoms with Gasteiger partial charge in [0.1, 0.15) is 11.3 Å². The predicted molar refractivity (Wildman–Crippen MR) is 88.3 cm³/mol. The first-order chi connectivity index (χ1) is 10.4. The van der Waals surface area contributed by atoms with E-state index in [1.807, 2.05) is 26.8 Å². The molecular formula is C16H24N2O3S. The molecule has 1 saturated heterocycles. The van der Waals surface area contributed by atoms with Crippen molar-refractivity contribution in [2.24, 2.45) is 0 Å². The van der Waals surface area contributed by atoms with Crippen LogP contribution < -0.4 is 0 Å². The summed E-state index contributed by atoms with van der Waals surface area (Å²) in [6, 6.07) is 2.01. The molecule has 6 heteroatoms. The second kappa shape index (κ2) is 7.24. The number of fused-ring (bicyclic) bond motifs is 1. The van der Waals surface area contributed by atoms with E-state index < -0.39 is 0 Å². The molecule has 0 atom stereocenters. The van der Waals surface area contributed by atoms with Crippen molar-refractivity contribution in [2.75, 3.05) is 20.1 Å². The molecule has 3 rings (SSSR count). The molecule has 1 aliphatic heterocycles. The summed E-state index contributed by atoms with van der Waals surface area (Å²) in [5.41, 5.74) is 1.82. The lowest BCUT2D eigenvalue weighted by Crippen LogP contribution is -2.29. The normalized spacial score (nSPS) is 17.1. The summed E-state index contributed by atoms with van der Waals surface area (Å²) in [6.07, 6.45) is 2.41. The number of carbonyl (C=O) groups is 1. The van der Waals surface area contributed by atoms with Crippen LogP contribution in [-0.2, 0) is 9.53 Å². The van der Waals surface area contributed by atoms with Crippen LogP contribution in [0.3, 0.4) is 0 Å². The van der Waals surface area contributed by atoms with Crippen LogP contribution in [0.2, 0.25) is 0 Å². The topological polar surface area (TPSA) is 55.6 Å². The molecule has 1 fully saturated rings. The average Bonchev–Trinajstić information content (AvgIpc) is 3.02. The molecule has 3 heterocycles. The Balaban J connectivity index is 0.000000217. The van der Waals surface area contributed by atoms with Crippen LogP contribution in [0, 0.1) is 0 Å². The van der Waals surface area contributed by atoms with Crippen molar-refractivity contribution in [3.05, 3.63) is 17.1 Å². The Morgan fingerprint density at radius 1 is 1.41 bits per heavy atom. The molecule has 0 saturated carbocycles. The number of rotatable bonds is 2. The molecule has 0 bridgehead atoms. The number of piperidine rings is 1. The Morgan fingerprint density at radius 3 is 2.64 bits per heavy atom. The van der Waals surface area contributed by atoms with Gasteiger partial charge < -0.3 is 14.2 Å². The van der Waals surface area contributed by atoms with Crippen LogP contribution in [0.1, 0.15) is 45.2 Å². The third kappa shape index (κ3) is 4.55. The van der Waals surface area contributed by atoms with Gasteiger partial charge in [0, 0.05) is 5.92 Å². The molecule has 0 N–H and O–H groups in total. The molecule has 0 aromatic carbocycles. The Morgan fingerprint density at radius 2 is 2.09 bits per heavy atom. The summed E-state index contributed by atoms with van der Waals surface area (Å²) in [6.45, 7) is 8.26. The molecule has 2 aromatic rings. The van der Waals surface area contributed by atoms with Crippen molar-refractivity contribution >= 4 is 28.1 Å². The van der Waals surface area contributed by atoms with Crippen molar-refractivity contribution in [2.45, 2.75) is 45.1 Å². The molecule has 0 amide bonds. The number of aromatic nitrogens is 1. The molecular weight excluding hydrogens is 300 g/mol. The molecule has 2 aromatic heterocycles. The molecule has 0 unspecified atom stereocenters. The summed E-state index contributed by atoms with van der Waals surface area (Å²) in [5, 5.41) is 6.30. The number of thiophene rings is 1. The lowest BCUT2D eigenvalue weighted by atomic mass is 9.94. The zero-order valence-electron chi connectivity index (χ0n) is 13.7. The third-order valence-electron chi connectivity index (χ3n) is 3.61. The predicted octanol–water partition coefficient (Wildman–Crippen LogP) is 3.66. The van der Waals surface area contributed by atoms with Crippen LogP contribution in [0.4, 0.5) is 0 Å². The van der Waals surface area contributed by atoms with E-state index in [1.165, 1.54) is 36.3 Å². The lowest BCUT2D eigenvalue weighted by Gasteiger charge is -2.27. The van der Waals surface area contributed by atoms with Crippen molar-refractivity contribution < 1.29 is 14.1 Å². The summed E-state index contributed by atoms with van der Waals surface area (Å²) in [4.78, 5) is 12.0. The number of hydrogen-bond acceptors (Lipinski definition) is 6. The third-order valence-corrected chi connectivity index (χ3v) is 4.53. The minimum Gasteiger partial charge on any atom is -0.462 e. The molecule has 1 aliphatic rings. The van der Waals surface area contributed by atoms with Gasteiger partial charge in [-0.25, -0.2) is 0 Å². The molecule has 0 radical (unpaired) electrons. The fourth-order valence-corrected chi connectivity index (χ4v) is 3.26. The molecule has 22 heavy (non-hydrogen) atoms. The van der Waals surface area contributed by atoms with Gasteiger partial charge in [0.25, 0.3) is 6.47 Å². The van der Waals surface area contributed by atoms with Gasteiger partial charge in [-0.05, 0) is 65.2 Å². The second-order valence-corrected chi connectivity index (χ2v) is 7.50. The monoisotopic (exact) mass is 324 g/mol. The zero-order chi connectivity index (χ0) is 16.2. The first-order valence-corrected chi connectivity index (χ1v) is 8.41. The first-order valence-electron chi connectivity index (χ1n) is 7.53. The van der Waals surface area contributed by atoms with Gasteiger partial charge in [0.05, 0.1) is 4.70 Å². The smallest absolute Gasteiger partial charge is 0.293 e. The summed E-state index contributed by atoms with van der Waals surface area (Å²) in [5.74, 6) is 0.598. The molecule has 5 nitrogen and oxygen atoms in total. The number of hydrogen-bond donors (Lipinski definition) is 0. The largest absolute Gasteiger partial charge is 0.462 e. The van der Waals surface area contributed by atoms with E-state index in [2.05, 4.69) is 27.2 Å². The van der Waals surface area contributed by atoms with Crippen LogP contribution in [-0.4, -0.2) is 42.3 Å². The number of ether oxygens (including phenoxy) is 1. The molecule has 122 valence electrons. The standard InChI is InChI=1S/C11H14N2OS.C5H10O2/c1-13-5-2-8(3-6-13)10-11-9(14-12-10)4-7-15-11;1-5(2,3)7-4-6/h4,7-8H,2-3,5-6H2,1H3;4H,1-3H3. The summed E-state index contributed by atoms with van der Waals surface area (Å²) < 4.78 is 11.1. The van der Waals surface area contributed by atoms with E-state index in [-0.39, 0.29) is 5.60 Å². The van der Waals surface area contributed by atoms with Gasteiger partial charge in [0.15, 0.2) is 5.58 Å². The summed E-state index contributed by atoms with van der Waals surface area (Å²) >= 11 is 1.75. The number of nitrogens with zero attached hydrogens (tertiary/aromatic N) is 2. The Kier molecular flexibility index (Phi) is 5.58. The van der Waals surface area contributed by atoms with Crippen molar-refractivity contribution in [1.29, 1.82) is 0 Å². The second-order valence-electron chi connectivity index (χ2n) is 6.59. The average molecular weight is 324 g/mol. The fourth-order valence-electron chi connectivity index (χ4n) is 2.38. The van der Waals surface area contributed by atoms with Gasteiger partial charge >= 0.3 is 0 Å². The van der Waals surface area contributed by atoms with E-state index in [0.29, 0.717) is 12.4 Å². The fraction of sp³-hybridized carbons (Fsp3) is 0.625. The van der Waals surface area contributed by atoms with Crippen LogP contribution in [0.15, 0.2) is 16.0 Å². The molecule has 0 aliphatic carbocycles. The SMILES string of the molecule is CC(C)(C)OC=O.CN1CCC(c2noc3ccsc23)CC1. The van der Waals surface area contributed by atoms with E-state index in [4.69, 9.17) is 4.52 Å². The highest BCUT2D eigenvalue weighted by atomic mass is 32.1. The van der Waals surface area contributed by atoms with E-state index in [0.717, 1.165) is 5.58 Å². The van der Waals surface area contributed by atoms with Gasteiger partial charge in [0.2, 0.25) is 0 Å². The minimum atomic E-state index is -0.318. The minimum absolute atomic E-state index is 0.318. The van der Waals surface area contributed by atoms with Crippen LogP contribution >= 0.6 is 11.3 Å². The van der Waals surface area contributed by atoms with Gasteiger partial charge in [-0.2, -0.15) is 0 Å². The Bertz CT molecular complexity index is 592. The highest BCUT2D eigenvalue weighted by Gasteiger charge is 2.23. The Hall–Kier alpha value is -1.40. The quantitative estimate of drug-likeness (QED) is 0.789. The van der Waals surface area contributed by atoms with Gasteiger partial charge in [-0.3, -0.25) is 4.79 Å². The van der Waals surface area contributed by atoms with E-state index >= 15 is 0 Å². The first kappa shape index (κ1) is 17.0. The van der Waals surface area contributed by atoms with Crippen molar-refractivity contribution in [3.8, 4) is 0 Å². The zero-order valence-corrected chi connectivity index (χ0v) is 14.5. The van der Waals surface area contributed by atoms with Crippen LogP contribution in [0.25, 0.3) is 10.3 Å². The van der Waals surface area contributed by atoms with Crippen molar-refractivity contribution in [1.82, 2.24) is 10.1 Å². The van der Waals surface area contributed by atoms with E-state index in [9.17, 15) is 4.79 Å². The Labute approximate surface area is 135 Å². The maximum Gasteiger partial charge on any atom is 0.293 e. The lowest BCUT2D eigenvalue weighted by molar-refractivity contribution is -0.138. The highest BCUT2D eigenvalue weighted by Crippen LogP contribution is 2.34. The van der Waals surface area contributed by atoms with Crippen molar-refractivity contribution in [3.63, 3.8) is 0 Å². The van der Waals surface area contributed by atoms with E-state index in [1.54, 1.807) is 11.3 Å². The number of likely N-dealkylation sites (tertiary alicyclic amines) is 1. The van der Waals surface area contributed by atoms with Gasteiger partial charge in [-0.1, -0.05) is 5.16 Å². The molecule has 0 spiro atoms. The summed E-state index contributed by atoms with van der Waals surface area (Å²) in [7, 11) is 2.18. The maximum absolute atomic E-state index is 9.60. The highest BCUT2D eigenvalue weighted by molar-refractivity contribution is 7.17.